The standard InChI is InChI=1S/C20H23ClFN3O2/c1-2-24-8-10-25(11-9-24)19-7-6-15(21)12-18(19)23-20(26)14-27-17-5-3-4-16(22)13-17/h3-7,12-13H,2,8-11,14H2,1H3,(H,23,26). The molecular formula is C20H23ClFN3O2. The third kappa shape index (κ3) is 5.34. The second kappa shape index (κ2) is 9.06. The SMILES string of the molecule is CCN1CCN(c2ccc(Cl)cc2NC(=O)COc2cccc(F)c2)CC1. The molecule has 0 bridgehead atoms. The minimum atomic E-state index is -0.406. The van der Waals surface area contributed by atoms with Gasteiger partial charge in [-0.3, -0.25) is 4.79 Å². The molecule has 0 radical (unpaired) electrons. The molecule has 0 saturated carbocycles. The van der Waals surface area contributed by atoms with E-state index in [9.17, 15) is 9.18 Å². The molecule has 1 N–H and O–H groups in total. The van der Waals surface area contributed by atoms with E-state index in [0.717, 1.165) is 38.4 Å². The number of hydrogen-bond donors (Lipinski definition) is 1. The Morgan fingerprint density at radius 3 is 2.67 bits per heavy atom. The molecule has 0 aliphatic carbocycles. The first-order valence-electron chi connectivity index (χ1n) is 9.00. The number of anilines is 2. The van der Waals surface area contributed by atoms with Crippen LogP contribution in [0.5, 0.6) is 5.75 Å². The lowest BCUT2D eigenvalue weighted by atomic mass is 10.2. The Morgan fingerprint density at radius 2 is 1.96 bits per heavy atom. The van der Waals surface area contributed by atoms with Gasteiger partial charge in [-0.2, -0.15) is 0 Å². The number of carbonyl (C=O) groups is 1. The van der Waals surface area contributed by atoms with Crippen molar-refractivity contribution in [1.29, 1.82) is 0 Å². The molecule has 1 fully saturated rings. The number of hydrogen-bond acceptors (Lipinski definition) is 4. The zero-order chi connectivity index (χ0) is 19.2. The number of nitrogens with one attached hydrogen (secondary N) is 1. The van der Waals surface area contributed by atoms with Crippen molar-refractivity contribution in [3.8, 4) is 5.75 Å². The highest BCUT2D eigenvalue weighted by Crippen LogP contribution is 2.30. The Hall–Kier alpha value is -2.31. The molecule has 3 rings (SSSR count). The Kier molecular flexibility index (Phi) is 6.53. The van der Waals surface area contributed by atoms with Crippen molar-refractivity contribution in [2.45, 2.75) is 6.92 Å². The normalized spacial score (nSPS) is 14.9. The fourth-order valence-electron chi connectivity index (χ4n) is 3.08. The fraction of sp³-hybridized carbons (Fsp3) is 0.350. The van der Waals surface area contributed by atoms with Crippen molar-refractivity contribution in [3.63, 3.8) is 0 Å². The molecule has 2 aromatic rings. The van der Waals surface area contributed by atoms with Crippen LogP contribution in [0.3, 0.4) is 0 Å². The molecule has 1 amide bonds. The van der Waals surface area contributed by atoms with Gasteiger partial charge in [0.2, 0.25) is 0 Å². The summed E-state index contributed by atoms with van der Waals surface area (Å²) in [5.74, 6) is -0.418. The average molecular weight is 392 g/mol. The number of likely N-dealkylation sites (N-methyl/N-ethyl adjacent to an activating group) is 1. The van der Waals surface area contributed by atoms with Gasteiger partial charge in [-0.15, -0.1) is 0 Å². The Morgan fingerprint density at radius 1 is 1.19 bits per heavy atom. The van der Waals surface area contributed by atoms with Gasteiger partial charge in [0.15, 0.2) is 6.61 Å². The molecule has 0 aromatic heterocycles. The Balaban J connectivity index is 1.65. The highest BCUT2D eigenvalue weighted by Gasteiger charge is 2.19. The maximum atomic E-state index is 13.2. The second-order valence-corrected chi connectivity index (χ2v) is 6.81. The molecule has 0 spiro atoms. The third-order valence-electron chi connectivity index (χ3n) is 4.56. The molecule has 7 heteroatoms. The molecule has 144 valence electrons. The number of ether oxygens (including phenoxy) is 1. The van der Waals surface area contributed by atoms with Crippen LogP contribution in [-0.4, -0.2) is 50.1 Å². The highest BCUT2D eigenvalue weighted by molar-refractivity contribution is 6.31. The van der Waals surface area contributed by atoms with Crippen LogP contribution < -0.4 is 15.0 Å². The first-order chi connectivity index (χ1) is 13.0. The van der Waals surface area contributed by atoms with Gasteiger partial charge in [0.05, 0.1) is 11.4 Å². The highest BCUT2D eigenvalue weighted by atomic mass is 35.5. The van der Waals surface area contributed by atoms with Gasteiger partial charge >= 0.3 is 0 Å². The lowest BCUT2D eigenvalue weighted by Crippen LogP contribution is -2.46. The molecule has 5 nitrogen and oxygen atoms in total. The van der Waals surface area contributed by atoms with E-state index in [4.69, 9.17) is 16.3 Å². The molecular weight excluding hydrogens is 369 g/mol. The maximum Gasteiger partial charge on any atom is 0.262 e. The van der Waals surface area contributed by atoms with Crippen LogP contribution in [0, 0.1) is 5.82 Å². The minimum Gasteiger partial charge on any atom is -0.484 e. The lowest BCUT2D eigenvalue weighted by molar-refractivity contribution is -0.118. The smallest absolute Gasteiger partial charge is 0.262 e. The summed E-state index contributed by atoms with van der Waals surface area (Å²) in [4.78, 5) is 16.9. The van der Waals surface area contributed by atoms with Crippen molar-refractivity contribution >= 4 is 28.9 Å². The van der Waals surface area contributed by atoms with Gasteiger partial charge in [0, 0.05) is 37.3 Å². The number of halogens is 2. The monoisotopic (exact) mass is 391 g/mol. The number of carbonyl (C=O) groups excluding carboxylic acids is 1. The number of benzene rings is 2. The van der Waals surface area contributed by atoms with Gasteiger partial charge < -0.3 is 19.9 Å². The van der Waals surface area contributed by atoms with Gasteiger partial charge in [0.25, 0.3) is 5.91 Å². The summed E-state index contributed by atoms with van der Waals surface area (Å²) in [6.45, 7) is 6.72. The van der Waals surface area contributed by atoms with Crippen LogP contribution in [0.15, 0.2) is 42.5 Å². The fourth-order valence-corrected chi connectivity index (χ4v) is 3.25. The number of nitrogens with zero attached hydrogens (tertiary/aromatic N) is 2. The van der Waals surface area contributed by atoms with Crippen LogP contribution >= 0.6 is 11.6 Å². The van der Waals surface area contributed by atoms with E-state index < -0.39 is 5.82 Å². The summed E-state index contributed by atoms with van der Waals surface area (Å²) in [5.41, 5.74) is 1.59. The van der Waals surface area contributed by atoms with Gasteiger partial charge in [-0.25, -0.2) is 4.39 Å². The van der Waals surface area contributed by atoms with E-state index in [-0.39, 0.29) is 12.5 Å². The van der Waals surface area contributed by atoms with E-state index in [2.05, 4.69) is 22.0 Å². The summed E-state index contributed by atoms with van der Waals surface area (Å²) in [6, 6.07) is 11.2. The average Bonchev–Trinajstić information content (AvgIpc) is 2.67. The second-order valence-electron chi connectivity index (χ2n) is 6.38. The quantitative estimate of drug-likeness (QED) is 0.816. The van der Waals surface area contributed by atoms with Crippen molar-refractivity contribution < 1.29 is 13.9 Å². The van der Waals surface area contributed by atoms with Crippen LogP contribution in [0.25, 0.3) is 0 Å². The minimum absolute atomic E-state index is 0.209. The Labute approximate surface area is 163 Å². The molecule has 27 heavy (non-hydrogen) atoms. The van der Waals surface area contributed by atoms with Gasteiger partial charge in [-0.05, 0) is 36.9 Å². The van der Waals surface area contributed by atoms with Gasteiger partial charge in [-0.1, -0.05) is 24.6 Å². The topological polar surface area (TPSA) is 44.8 Å². The predicted octanol–water partition coefficient (Wildman–Crippen LogP) is 3.64. The number of rotatable bonds is 6. The Bertz CT molecular complexity index is 795. The van der Waals surface area contributed by atoms with Crippen LogP contribution in [0.2, 0.25) is 5.02 Å². The van der Waals surface area contributed by atoms with E-state index in [1.165, 1.54) is 18.2 Å². The lowest BCUT2D eigenvalue weighted by Gasteiger charge is -2.36. The number of amides is 1. The van der Waals surface area contributed by atoms with Crippen LogP contribution in [0.1, 0.15) is 6.92 Å². The summed E-state index contributed by atoms with van der Waals surface area (Å²) >= 11 is 6.12. The van der Waals surface area contributed by atoms with E-state index >= 15 is 0 Å². The van der Waals surface area contributed by atoms with Gasteiger partial charge in [0.1, 0.15) is 11.6 Å². The molecule has 0 unspecified atom stereocenters. The molecule has 0 atom stereocenters. The summed E-state index contributed by atoms with van der Waals surface area (Å²) < 4.78 is 18.6. The van der Waals surface area contributed by atoms with Crippen molar-refractivity contribution in [2.75, 3.05) is 49.5 Å². The predicted molar refractivity (Wildman–Crippen MR) is 106 cm³/mol. The first kappa shape index (κ1) is 19.5. The number of piperazine rings is 1. The zero-order valence-corrected chi connectivity index (χ0v) is 16.0. The molecule has 1 heterocycles. The summed E-state index contributed by atoms with van der Waals surface area (Å²) in [5, 5.41) is 3.41. The molecule has 1 aliphatic heterocycles. The first-order valence-corrected chi connectivity index (χ1v) is 9.38. The van der Waals surface area contributed by atoms with Crippen molar-refractivity contribution in [1.82, 2.24) is 4.90 Å². The maximum absolute atomic E-state index is 13.2. The largest absolute Gasteiger partial charge is 0.484 e. The van der Waals surface area contributed by atoms with Crippen molar-refractivity contribution in [3.05, 3.63) is 53.3 Å². The van der Waals surface area contributed by atoms with Crippen LogP contribution in [0.4, 0.5) is 15.8 Å². The molecule has 2 aromatic carbocycles. The third-order valence-corrected chi connectivity index (χ3v) is 4.79. The molecule has 1 saturated heterocycles. The van der Waals surface area contributed by atoms with E-state index in [1.807, 2.05) is 12.1 Å². The summed E-state index contributed by atoms with van der Waals surface area (Å²) in [7, 11) is 0. The van der Waals surface area contributed by atoms with Crippen LogP contribution in [-0.2, 0) is 4.79 Å². The zero-order valence-electron chi connectivity index (χ0n) is 15.3. The van der Waals surface area contributed by atoms with E-state index in [1.54, 1.807) is 12.1 Å². The molecule has 1 aliphatic rings. The van der Waals surface area contributed by atoms with Crippen molar-refractivity contribution in [2.24, 2.45) is 0 Å². The summed E-state index contributed by atoms with van der Waals surface area (Å²) in [6.07, 6.45) is 0. The van der Waals surface area contributed by atoms with E-state index in [0.29, 0.717) is 16.5 Å².